The van der Waals surface area contributed by atoms with Gasteiger partial charge in [-0.05, 0) is 18.8 Å². The van der Waals surface area contributed by atoms with E-state index in [0.717, 1.165) is 12.8 Å². The van der Waals surface area contributed by atoms with Crippen LogP contribution in [0.5, 0.6) is 0 Å². The average Bonchev–Trinajstić information content (AvgIpc) is 3.04. The summed E-state index contributed by atoms with van der Waals surface area (Å²) < 4.78 is 0. The average molecular weight is 272 g/mol. The number of aliphatic carboxylic acids is 1. The molecule has 0 radical (unpaired) electrons. The molecule has 1 unspecified atom stereocenters. The summed E-state index contributed by atoms with van der Waals surface area (Å²) in [6.07, 6.45) is 1.90. The van der Waals surface area contributed by atoms with Crippen LogP contribution in [0.1, 0.15) is 19.3 Å². The summed E-state index contributed by atoms with van der Waals surface area (Å²) in [5.74, 6) is 0.0577. The Labute approximate surface area is 109 Å². The van der Waals surface area contributed by atoms with Crippen LogP contribution in [-0.4, -0.2) is 52.0 Å². The molecule has 1 aliphatic carbocycles. The second-order valence-electron chi connectivity index (χ2n) is 4.68. The van der Waals surface area contributed by atoms with Crippen molar-refractivity contribution < 1.29 is 19.5 Å². The van der Waals surface area contributed by atoms with Gasteiger partial charge in [0.25, 0.3) is 0 Å². The Hall–Kier alpha value is -1.24. The molecule has 1 aliphatic heterocycles. The van der Waals surface area contributed by atoms with Gasteiger partial charge in [-0.25, -0.2) is 0 Å². The summed E-state index contributed by atoms with van der Waals surface area (Å²) in [5, 5.41) is 11.5. The summed E-state index contributed by atoms with van der Waals surface area (Å²) in [4.78, 5) is 35.3. The van der Waals surface area contributed by atoms with E-state index in [1.165, 1.54) is 16.7 Å². The number of carboxylic acid groups (broad SMARTS) is 1. The normalized spacial score (nSPS) is 20.9. The van der Waals surface area contributed by atoms with E-state index in [1.54, 1.807) is 0 Å². The van der Waals surface area contributed by atoms with Gasteiger partial charge in [-0.1, -0.05) is 0 Å². The van der Waals surface area contributed by atoms with Gasteiger partial charge in [0, 0.05) is 6.04 Å². The Morgan fingerprint density at radius 3 is 2.72 bits per heavy atom. The van der Waals surface area contributed by atoms with Crippen LogP contribution >= 0.6 is 11.8 Å². The van der Waals surface area contributed by atoms with Crippen molar-refractivity contribution in [2.45, 2.75) is 25.3 Å². The Bertz CT molecular complexity index is 370. The molecule has 2 rings (SSSR count). The zero-order valence-corrected chi connectivity index (χ0v) is 10.7. The van der Waals surface area contributed by atoms with E-state index in [0.29, 0.717) is 11.6 Å². The lowest BCUT2D eigenvalue weighted by Gasteiger charge is -2.19. The van der Waals surface area contributed by atoms with Crippen molar-refractivity contribution in [3.05, 3.63) is 0 Å². The molecule has 2 aliphatic rings. The number of thioether (sulfide) groups is 1. The minimum atomic E-state index is -0.903. The summed E-state index contributed by atoms with van der Waals surface area (Å²) >= 11 is 1.48. The van der Waals surface area contributed by atoms with Crippen molar-refractivity contribution in [1.29, 1.82) is 0 Å². The van der Waals surface area contributed by atoms with Crippen molar-refractivity contribution in [3.8, 4) is 0 Å². The first-order chi connectivity index (χ1) is 8.56. The number of carbonyl (C=O) groups is 3. The van der Waals surface area contributed by atoms with Crippen LogP contribution < -0.4 is 5.32 Å². The highest BCUT2D eigenvalue weighted by Crippen LogP contribution is 2.34. The van der Waals surface area contributed by atoms with Gasteiger partial charge in [-0.15, -0.1) is 11.8 Å². The summed E-state index contributed by atoms with van der Waals surface area (Å²) in [7, 11) is 0. The lowest BCUT2D eigenvalue weighted by molar-refractivity contribution is -0.138. The van der Waals surface area contributed by atoms with E-state index in [-0.39, 0.29) is 36.7 Å². The molecule has 6 nitrogen and oxygen atoms in total. The Morgan fingerprint density at radius 2 is 2.22 bits per heavy atom. The molecule has 1 atom stereocenters. The van der Waals surface area contributed by atoms with Gasteiger partial charge >= 0.3 is 5.97 Å². The van der Waals surface area contributed by atoms with Crippen molar-refractivity contribution in [2.24, 2.45) is 5.92 Å². The van der Waals surface area contributed by atoms with Gasteiger partial charge in [0.15, 0.2) is 0 Å². The van der Waals surface area contributed by atoms with E-state index in [2.05, 4.69) is 5.32 Å². The molecule has 0 bridgehead atoms. The molecule has 1 saturated carbocycles. The molecule has 1 saturated heterocycles. The molecule has 1 heterocycles. The zero-order chi connectivity index (χ0) is 13.1. The molecule has 0 spiro atoms. The highest BCUT2D eigenvalue weighted by atomic mass is 32.2. The number of nitrogens with one attached hydrogen (secondary N) is 1. The number of nitrogens with zero attached hydrogens (tertiary/aromatic N) is 1. The smallest absolute Gasteiger partial charge is 0.305 e. The Kier molecular flexibility index (Phi) is 4.11. The van der Waals surface area contributed by atoms with Crippen LogP contribution in [0, 0.1) is 5.92 Å². The quantitative estimate of drug-likeness (QED) is 0.704. The van der Waals surface area contributed by atoms with Crippen LogP contribution in [0.25, 0.3) is 0 Å². The fraction of sp³-hybridized carbons (Fsp3) is 0.727. The third-order valence-electron chi connectivity index (χ3n) is 3.09. The number of hydrogen-bond acceptors (Lipinski definition) is 4. The number of carbonyl (C=O) groups excluding carboxylic acids is 2. The van der Waals surface area contributed by atoms with Crippen molar-refractivity contribution in [1.82, 2.24) is 10.2 Å². The van der Waals surface area contributed by atoms with E-state index in [9.17, 15) is 14.4 Å². The predicted octanol–water partition coefficient (Wildman–Crippen LogP) is -0.111. The first-order valence-electron chi connectivity index (χ1n) is 5.93. The second-order valence-corrected chi connectivity index (χ2v) is 5.63. The molecule has 0 aromatic heterocycles. The van der Waals surface area contributed by atoms with Gasteiger partial charge in [-0.3, -0.25) is 14.4 Å². The number of hydrogen-bond donors (Lipinski definition) is 2. The van der Waals surface area contributed by atoms with E-state index in [1.807, 2.05) is 0 Å². The maximum atomic E-state index is 11.8. The molecule has 0 aromatic carbocycles. The van der Waals surface area contributed by atoms with Crippen LogP contribution in [0.2, 0.25) is 0 Å². The molecular formula is C11H16N2O4S. The first kappa shape index (κ1) is 13.2. The number of rotatable bonds is 6. The first-order valence-corrected chi connectivity index (χ1v) is 7.08. The van der Waals surface area contributed by atoms with Gasteiger partial charge in [-0.2, -0.15) is 0 Å². The second kappa shape index (κ2) is 5.60. The fourth-order valence-corrected chi connectivity index (χ4v) is 2.89. The Balaban J connectivity index is 1.81. The number of carboxylic acids is 1. The maximum absolute atomic E-state index is 11.8. The number of amides is 2. The largest absolute Gasteiger partial charge is 0.481 e. The van der Waals surface area contributed by atoms with Crippen LogP contribution in [0.4, 0.5) is 0 Å². The van der Waals surface area contributed by atoms with Crippen LogP contribution in [-0.2, 0) is 14.4 Å². The van der Waals surface area contributed by atoms with Crippen molar-refractivity contribution in [3.63, 3.8) is 0 Å². The molecular weight excluding hydrogens is 256 g/mol. The summed E-state index contributed by atoms with van der Waals surface area (Å²) in [6, 6.07) is -0.291. The van der Waals surface area contributed by atoms with Crippen molar-refractivity contribution >= 4 is 29.5 Å². The third-order valence-corrected chi connectivity index (χ3v) is 4.04. The summed E-state index contributed by atoms with van der Waals surface area (Å²) in [6.45, 7) is 0.0364. The monoisotopic (exact) mass is 272 g/mol. The van der Waals surface area contributed by atoms with Gasteiger partial charge in [0.2, 0.25) is 11.8 Å². The zero-order valence-electron chi connectivity index (χ0n) is 9.92. The summed E-state index contributed by atoms with van der Waals surface area (Å²) in [5.41, 5.74) is 0. The molecule has 2 fully saturated rings. The molecule has 100 valence electrons. The highest BCUT2D eigenvalue weighted by molar-refractivity contribution is 8.00. The molecule has 0 aromatic rings. The predicted molar refractivity (Wildman–Crippen MR) is 65.9 cm³/mol. The van der Waals surface area contributed by atoms with E-state index < -0.39 is 5.97 Å². The van der Waals surface area contributed by atoms with Gasteiger partial charge < -0.3 is 15.3 Å². The minimum Gasteiger partial charge on any atom is -0.481 e. The SMILES string of the molecule is O=C(O)CC(NC(=O)CN1CSCC1=O)C1CC1. The molecule has 18 heavy (non-hydrogen) atoms. The lowest BCUT2D eigenvalue weighted by atomic mass is 10.1. The maximum Gasteiger partial charge on any atom is 0.305 e. The van der Waals surface area contributed by atoms with E-state index >= 15 is 0 Å². The Morgan fingerprint density at radius 1 is 1.50 bits per heavy atom. The highest BCUT2D eigenvalue weighted by Gasteiger charge is 2.34. The fourth-order valence-electron chi connectivity index (χ4n) is 1.99. The molecule has 2 amide bonds. The standard InChI is InChI=1S/C11H16N2O4S/c14-9(4-13-6-18-5-10(13)15)12-8(3-11(16)17)7-1-2-7/h7-8H,1-6H2,(H,12,14)(H,16,17). The molecule has 2 N–H and O–H groups in total. The van der Waals surface area contributed by atoms with Gasteiger partial charge in [0.05, 0.1) is 18.1 Å². The third kappa shape index (κ3) is 3.63. The van der Waals surface area contributed by atoms with Crippen molar-refractivity contribution in [2.75, 3.05) is 18.2 Å². The van der Waals surface area contributed by atoms with Gasteiger partial charge in [0.1, 0.15) is 6.54 Å². The van der Waals surface area contributed by atoms with E-state index in [4.69, 9.17) is 5.11 Å². The lowest BCUT2D eigenvalue weighted by Crippen LogP contribution is -2.44. The topological polar surface area (TPSA) is 86.7 Å². The van der Waals surface area contributed by atoms with Crippen LogP contribution in [0.3, 0.4) is 0 Å². The minimum absolute atomic E-state index is 0.0312. The molecule has 7 heteroatoms. The van der Waals surface area contributed by atoms with Crippen LogP contribution in [0.15, 0.2) is 0 Å².